The lowest BCUT2D eigenvalue weighted by Gasteiger charge is -2.06. The van der Waals surface area contributed by atoms with Gasteiger partial charge in [0.05, 0.1) is 16.5 Å². The fourth-order valence-electron chi connectivity index (χ4n) is 1.57. The van der Waals surface area contributed by atoms with Crippen molar-refractivity contribution in [2.75, 3.05) is 0 Å². The number of nitrogens with one attached hydrogen (secondary N) is 1. The number of nitro groups is 1. The Hall–Kier alpha value is -2.19. The molecule has 0 saturated heterocycles. The highest BCUT2D eigenvalue weighted by Crippen LogP contribution is 2.33. The lowest BCUT2D eigenvalue weighted by Crippen LogP contribution is -2.24. The number of hydrogen-bond acceptors (Lipinski definition) is 5. The van der Waals surface area contributed by atoms with Crippen LogP contribution in [-0.4, -0.2) is 25.6 Å². The second-order valence-electron chi connectivity index (χ2n) is 4.09. The molecule has 21 heavy (non-hydrogen) atoms. The smallest absolute Gasteiger partial charge is 0.290 e. The van der Waals surface area contributed by atoms with E-state index in [0.29, 0.717) is 5.82 Å². The summed E-state index contributed by atoms with van der Waals surface area (Å²) in [6.45, 7) is 0.128. The molecule has 0 atom stereocenters. The average molecular weight is 330 g/mol. The topological polar surface area (TPSA) is 103 Å². The van der Waals surface area contributed by atoms with Gasteiger partial charge in [0.2, 0.25) is 0 Å². The first-order valence-corrected chi connectivity index (χ1v) is 6.40. The molecule has 0 aliphatic rings. The Morgan fingerprint density at radius 3 is 2.76 bits per heavy atom. The van der Waals surface area contributed by atoms with Crippen molar-refractivity contribution in [3.63, 3.8) is 0 Å². The van der Waals surface area contributed by atoms with Gasteiger partial charge in [-0.3, -0.25) is 14.9 Å². The molecule has 10 heteroatoms. The Labute approximate surface area is 128 Å². The summed E-state index contributed by atoms with van der Waals surface area (Å²) in [6, 6.07) is 2.34. The van der Waals surface area contributed by atoms with E-state index in [4.69, 9.17) is 23.2 Å². The van der Waals surface area contributed by atoms with Gasteiger partial charge in [-0.25, -0.2) is 0 Å². The van der Waals surface area contributed by atoms with Crippen LogP contribution in [0.5, 0.6) is 0 Å². The molecular formula is C11H9Cl2N5O3. The highest BCUT2D eigenvalue weighted by Gasteiger charge is 2.20. The molecule has 1 aromatic heterocycles. The summed E-state index contributed by atoms with van der Waals surface area (Å²) < 4.78 is 1.64. The molecule has 0 radical (unpaired) electrons. The SMILES string of the molecule is Cn1cnnc1CNC(=O)c1cc(Cl)c(Cl)c([N+](=O)[O-])c1. The third kappa shape index (κ3) is 3.29. The Kier molecular flexibility index (Phi) is 4.39. The number of nitrogens with zero attached hydrogens (tertiary/aromatic N) is 4. The highest BCUT2D eigenvalue weighted by atomic mass is 35.5. The average Bonchev–Trinajstić information content (AvgIpc) is 2.84. The first kappa shape index (κ1) is 15.2. The number of hydrogen-bond donors (Lipinski definition) is 1. The molecule has 110 valence electrons. The van der Waals surface area contributed by atoms with Crippen LogP contribution < -0.4 is 5.32 Å². The molecule has 8 nitrogen and oxygen atoms in total. The maximum Gasteiger partial charge on any atom is 0.290 e. The minimum atomic E-state index is -0.701. The van der Waals surface area contributed by atoms with Gasteiger partial charge in [-0.1, -0.05) is 23.2 Å². The van der Waals surface area contributed by atoms with Gasteiger partial charge in [-0.2, -0.15) is 0 Å². The zero-order valence-corrected chi connectivity index (χ0v) is 12.2. The van der Waals surface area contributed by atoms with Crippen LogP contribution in [-0.2, 0) is 13.6 Å². The number of carbonyl (C=O) groups is 1. The van der Waals surface area contributed by atoms with E-state index in [1.54, 1.807) is 11.6 Å². The zero-order chi connectivity index (χ0) is 15.6. The standard InChI is InChI=1S/C11H9Cl2N5O3/c1-17-5-15-16-9(17)4-14-11(19)6-2-7(12)10(13)8(3-6)18(20)21/h2-3,5H,4H2,1H3,(H,14,19). The Morgan fingerprint density at radius 2 is 2.19 bits per heavy atom. The quantitative estimate of drug-likeness (QED) is 0.682. The van der Waals surface area contributed by atoms with Gasteiger partial charge in [0.25, 0.3) is 11.6 Å². The van der Waals surface area contributed by atoms with Crippen molar-refractivity contribution in [3.8, 4) is 0 Å². The van der Waals surface area contributed by atoms with Crippen molar-refractivity contribution in [2.24, 2.45) is 7.05 Å². The van der Waals surface area contributed by atoms with E-state index >= 15 is 0 Å². The van der Waals surface area contributed by atoms with Crippen LogP contribution in [0, 0.1) is 10.1 Å². The molecule has 1 aromatic carbocycles. The van der Waals surface area contributed by atoms with E-state index in [9.17, 15) is 14.9 Å². The van der Waals surface area contributed by atoms with Crippen LogP contribution >= 0.6 is 23.2 Å². The van der Waals surface area contributed by atoms with Crippen molar-refractivity contribution >= 4 is 34.8 Å². The molecule has 1 heterocycles. The molecule has 0 spiro atoms. The normalized spacial score (nSPS) is 10.4. The van der Waals surface area contributed by atoms with Crippen molar-refractivity contribution in [1.29, 1.82) is 0 Å². The van der Waals surface area contributed by atoms with Gasteiger partial charge in [0, 0.05) is 18.7 Å². The van der Waals surface area contributed by atoms with Gasteiger partial charge in [0.1, 0.15) is 11.3 Å². The van der Waals surface area contributed by atoms with Crippen molar-refractivity contribution in [1.82, 2.24) is 20.1 Å². The lowest BCUT2D eigenvalue weighted by molar-refractivity contribution is -0.384. The minimum absolute atomic E-state index is 0.0401. The van der Waals surface area contributed by atoms with E-state index in [-0.39, 0.29) is 22.2 Å². The van der Waals surface area contributed by atoms with E-state index < -0.39 is 16.5 Å². The second-order valence-corrected chi connectivity index (χ2v) is 4.87. The molecule has 0 unspecified atom stereocenters. The van der Waals surface area contributed by atoms with Crippen molar-refractivity contribution < 1.29 is 9.72 Å². The van der Waals surface area contributed by atoms with Crippen LogP contribution in [0.1, 0.15) is 16.2 Å². The number of nitro benzene ring substituents is 1. The fourth-order valence-corrected chi connectivity index (χ4v) is 1.96. The molecule has 1 N–H and O–H groups in total. The number of benzene rings is 1. The molecule has 2 rings (SSSR count). The van der Waals surface area contributed by atoms with Crippen molar-refractivity contribution in [3.05, 3.63) is 50.0 Å². The van der Waals surface area contributed by atoms with Gasteiger partial charge in [-0.05, 0) is 6.07 Å². The van der Waals surface area contributed by atoms with E-state index in [1.807, 2.05) is 0 Å². The second kappa shape index (κ2) is 6.06. The largest absolute Gasteiger partial charge is 0.345 e. The first-order chi connectivity index (χ1) is 9.90. The Morgan fingerprint density at radius 1 is 1.48 bits per heavy atom. The third-order valence-corrected chi connectivity index (χ3v) is 3.47. The molecule has 0 aliphatic heterocycles. The minimum Gasteiger partial charge on any atom is -0.345 e. The van der Waals surface area contributed by atoms with Gasteiger partial charge >= 0.3 is 0 Å². The molecule has 0 bridgehead atoms. The van der Waals surface area contributed by atoms with Crippen LogP contribution in [0.4, 0.5) is 5.69 Å². The molecule has 0 saturated carbocycles. The number of carbonyl (C=O) groups excluding carboxylic acids is 1. The summed E-state index contributed by atoms with van der Waals surface area (Å²) in [4.78, 5) is 22.1. The third-order valence-electron chi connectivity index (χ3n) is 2.68. The first-order valence-electron chi connectivity index (χ1n) is 5.64. The summed E-state index contributed by atoms with van der Waals surface area (Å²) in [5, 5.41) is 20.6. The van der Waals surface area contributed by atoms with E-state index in [2.05, 4.69) is 15.5 Å². The van der Waals surface area contributed by atoms with Gasteiger partial charge in [0.15, 0.2) is 5.82 Å². The summed E-state index contributed by atoms with van der Waals surface area (Å²) in [5.41, 5.74) is -0.383. The highest BCUT2D eigenvalue weighted by molar-refractivity contribution is 6.43. The molecule has 0 aliphatic carbocycles. The summed E-state index contributed by atoms with van der Waals surface area (Å²) >= 11 is 11.5. The van der Waals surface area contributed by atoms with E-state index in [0.717, 1.165) is 6.07 Å². The summed E-state index contributed by atoms with van der Waals surface area (Å²) in [5.74, 6) is 0.0116. The summed E-state index contributed by atoms with van der Waals surface area (Å²) in [7, 11) is 1.73. The number of halogens is 2. The number of aryl methyl sites for hydroxylation is 1. The molecular weight excluding hydrogens is 321 g/mol. The zero-order valence-electron chi connectivity index (χ0n) is 10.7. The Bertz CT molecular complexity index is 716. The number of amides is 1. The number of aromatic nitrogens is 3. The van der Waals surface area contributed by atoms with Crippen molar-refractivity contribution in [2.45, 2.75) is 6.54 Å². The predicted octanol–water partition coefficient (Wildman–Crippen LogP) is 1.96. The van der Waals surface area contributed by atoms with Crippen LogP contribution in [0.2, 0.25) is 10.0 Å². The monoisotopic (exact) mass is 329 g/mol. The fraction of sp³-hybridized carbons (Fsp3) is 0.182. The summed E-state index contributed by atoms with van der Waals surface area (Å²) in [6.07, 6.45) is 1.49. The molecule has 0 fully saturated rings. The lowest BCUT2D eigenvalue weighted by atomic mass is 10.2. The molecule has 1 amide bonds. The van der Waals surface area contributed by atoms with E-state index in [1.165, 1.54) is 12.4 Å². The van der Waals surface area contributed by atoms with Gasteiger partial charge in [-0.15, -0.1) is 10.2 Å². The maximum absolute atomic E-state index is 12.0. The Balaban J connectivity index is 2.20. The van der Waals surface area contributed by atoms with Crippen LogP contribution in [0.3, 0.4) is 0 Å². The predicted molar refractivity (Wildman–Crippen MR) is 75.3 cm³/mol. The van der Waals surface area contributed by atoms with Crippen LogP contribution in [0.15, 0.2) is 18.5 Å². The van der Waals surface area contributed by atoms with Crippen LogP contribution in [0.25, 0.3) is 0 Å². The maximum atomic E-state index is 12.0. The number of rotatable bonds is 4. The van der Waals surface area contributed by atoms with Gasteiger partial charge < -0.3 is 9.88 Å². The molecule has 2 aromatic rings.